The fourth-order valence-electron chi connectivity index (χ4n) is 1.53. The largest absolute Gasteiger partial charge is 0.389 e. The van der Waals surface area contributed by atoms with Crippen LogP contribution in [0.3, 0.4) is 0 Å². The van der Waals surface area contributed by atoms with Gasteiger partial charge in [0.15, 0.2) is 0 Å². The zero-order chi connectivity index (χ0) is 12.3. The molecule has 16 heavy (non-hydrogen) atoms. The number of aromatic nitrogens is 2. The van der Waals surface area contributed by atoms with E-state index in [0.717, 1.165) is 5.56 Å². The average Bonchev–Trinajstić information content (AvgIpc) is 2.45. The molecule has 0 aromatic carbocycles. The van der Waals surface area contributed by atoms with E-state index in [1.165, 1.54) is 0 Å². The lowest BCUT2D eigenvalue weighted by Crippen LogP contribution is -2.12. The highest BCUT2D eigenvalue weighted by atomic mass is 19.4. The maximum absolute atomic E-state index is 11.9. The normalized spacial score (nSPS) is 14.1. The second-order valence-electron chi connectivity index (χ2n) is 4.01. The Balaban J connectivity index is 2.47. The highest BCUT2D eigenvalue weighted by molar-refractivity contribution is 5.37. The number of hydrogen-bond donors (Lipinski definition) is 1. The topological polar surface area (TPSA) is 43.8 Å². The lowest BCUT2D eigenvalue weighted by atomic mass is 10.1. The van der Waals surface area contributed by atoms with Crippen molar-refractivity contribution in [3.05, 3.63) is 11.8 Å². The average molecular weight is 235 g/mol. The van der Waals surface area contributed by atoms with Gasteiger partial charge >= 0.3 is 6.18 Å². The molecule has 0 spiro atoms. The molecule has 3 nitrogen and oxygen atoms in total. The first-order chi connectivity index (χ1) is 7.31. The number of halogens is 3. The number of aryl methyl sites for hydroxylation is 1. The van der Waals surface area contributed by atoms with Crippen molar-refractivity contribution in [2.75, 3.05) is 5.73 Å². The SMILES string of the molecule is Cc1cnn(C(C)CCCC(F)(F)F)c1N. The van der Waals surface area contributed by atoms with Crippen LogP contribution in [0.4, 0.5) is 19.0 Å². The van der Waals surface area contributed by atoms with Crippen molar-refractivity contribution in [1.29, 1.82) is 0 Å². The van der Waals surface area contributed by atoms with Gasteiger partial charge in [-0.2, -0.15) is 18.3 Å². The summed E-state index contributed by atoms with van der Waals surface area (Å²) in [6, 6.07) is -0.101. The first kappa shape index (κ1) is 12.9. The lowest BCUT2D eigenvalue weighted by Gasteiger charge is -2.14. The summed E-state index contributed by atoms with van der Waals surface area (Å²) in [5, 5.41) is 4.04. The van der Waals surface area contributed by atoms with E-state index < -0.39 is 12.6 Å². The first-order valence-corrected chi connectivity index (χ1v) is 5.17. The minimum atomic E-state index is -4.08. The third-order valence-corrected chi connectivity index (χ3v) is 2.53. The minimum absolute atomic E-state index is 0.100. The molecule has 0 fully saturated rings. The molecule has 92 valence electrons. The summed E-state index contributed by atoms with van der Waals surface area (Å²) in [4.78, 5) is 0. The third-order valence-electron chi connectivity index (χ3n) is 2.53. The second-order valence-corrected chi connectivity index (χ2v) is 4.01. The number of nitrogens with zero attached hydrogens (tertiary/aromatic N) is 2. The Morgan fingerprint density at radius 3 is 2.56 bits per heavy atom. The Morgan fingerprint density at radius 2 is 2.12 bits per heavy atom. The molecule has 0 amide bonds. The van der Waals surface area contributed by atoms with Crippen LogP contribution in [0.25, 0.3) is 0 Å². The monoisotopic (exact) mass is 235 g/mol. The summed E-state index contributed by atoms with van der Waals surface area (Å²) < 4.78 is 37.4. The van der Waals surface area contributed by atoms with Crippen LogP contribution in [-0.4, -0.2) is 16.0 Å². The molecule has 2 N–H and O–H groups in total. The highest BCUT2D eigenvalue weighted by Crippen LogP contribution is 2.26. The second kappa shape index (κ2) is 4.76. The van der Waals surface area contributed by atoms with Gasteiger partial charge in [-0.25, -0.2) is 4.68 Å². The van der Waals surface area contributed by atoms with E-state index in [2.05, 4.69) is 5.10 Å². The molecular weight excluding hydrogens is 219 g/mol. The lowest BCUT2D eigenvalue weighted by molar-refractivity contribution is -0.135. The molecular formula is C10H16F3N3. The molecule has 0 aliphatic rings. The molecule has 0 bridgehead atoms. The third kappa shape index (κ3) is 3.43. The van der Waals surface area contributed by atoms with Crippen LogP contribution >= 0.6 is 0 Å². The molecule has 0 saturated heterocycles. The Labute approximate surface area is 92.4 Å². The van der Waals surface area contributed by atoms with Gasteiger partial charge in [0.05, 0.1) is 12.2 Å². The molecule has 0 aliphatic heterocycles. The number of nitrogens with two attached hydrogens (primary N) is 1. The van der Waals surface area contributed by atoms with E-state index in [4.69, 9.17) is 5.73 Å². The summed E-state index contributed by atoms with van der Waals surface area (Å²) in [5.41, 5.74) is 6.59. The van der Waals surface area contributed by atoms with Crippen molar-refractivity contribution >= 4 is 5.82 Å². The highest BCUT2D eigenvalue weighted by Gasteiger charge is 2.26. The molecule has 1 aromatic heterocycles. The van der Waals surface area contributed by atoms with Crippen LogP contribution < -0.4 is 5.73 Å². The Morgan fingerprint density at radius 1 is 1.50 bits per heavy atom. The van der Waals surface area contributed by atoms with Crippen molar-refractivity contribution in [2.45, 2.75) is 45.3 Å². The summed E-state index contributed by atoms with van der Waals surface area (Å²) in [6.45, 7) is 3.64. The van der Waals surface area contributed by atoms with Crippen molar-refractivity contribution in [3.63, 3.8) is 0 Å². The van der Waals surface area contributed by atoms with Crippen molar-refractivity contribution < 1.29 is 13.2 Å². The summed E-state index contributed by atoms with van der Waals surface area (Å²) >= 11 is 0. The zero-order valence-electron chi connectivity index (χ0n) is 9.38. The summed E-state index contributed by atoms with van der Waals surface area (Å²) in [5.74, 6) is 0.527. The fourth-order valence-corrected chi connectivity index (χ4v) is 1.53. The van der Waals surface area contributed by atoms with Crippen LogP contribution in [0.2, 0.25) is 0 Å². The van der Waals surface area contributed by atoms with E-state index in [9.17, 15) is 13.2 Å². The van der Waals surface area contributed by atoms with Gasteiger partial charge in [0.2, 0.25) is 0 Å². The maximum Gasteiger partial charge on any atom is 0.389 e. The quantitative estimate of drug-likeness (QED) is 0.871. The fraction of sp³-hybridized carbons (Fsp3) is 0.700. The van der Waals surface area contributed by atoms with Crippen molar-refractivity contribution in [3.8, 4) is 0 Å². The number of nitrogen functional groups attached to an aromatic ring is 1. The maximum atomic E-state index is 11.9. The van der Waals surface area contributed by atoms with E-state index in [-0.39, 0.29) is 12.5 Å². The van der Waals surface area contributed by atoms with Crippen LogP contribution in [0, 0.1) is 6.92 Å². The van der Waals surface area contributed by atoms with Crippen LogP contribution in [0.5, 0.6) is 0 Å². The molecule has 0 saturated carbocycles. The molecule has 1 unspecified atom stereocenters. The van der Waals surface area contributed by atoms with Crippen LogP contribution in [0.1, 0.15) is 37.8 Å². The van der Waals surface area contributed by atoms with Gasteiger partial charge in [-0.1, -0.05) is 0 Å². The molecule has 1 atom stereocenters. The number of rotatable bonds is 4. The molecule has 1 aromatic rings. The van der Waals surface area contributed by atoms with Gasteiger partial charge in [-0.3, -0.25) is 0 Å². The van der Waals surface area contributed by atoms with E-state index in [1.807, 2.05) is 13.8 Å². The van der Waals surface area contributed by atoms with Gasteiger partial charge in [0, 0.05) is 12.0 Å². The Bertz CT molecular complexity index is 344. The summed E-state index contributed by atoms with van der Waals surface area (Å²) in [7, 11) is 0. The van der Waals surface area contributed by atoms with Gasteiger partial charge < -0.3 is 5.73 Å². The summed E-state index contributed by atoms with van der Waals surface area (Å²) in [6.07, 6.45) is -2.69. The molecule has 1 rings (SSSR count). The van der Waals surface area contributed by atoms with Crippen molar-refractivity contribution in [1.82, 2.24) is 9.78 Å². The van der Waals surface area contributed by atoms with Gasteiger partial charge in [-0.15, -0.1) is 0 Å². The van der Waals surface area contributed by atoms with Gasteiger partial charge in [-0.05, 0) is 26.7 Å². The zero-order valence-corrected chi connectivity index (χ0v) is 9.38. The van der Waals surface area contributed by atoms with E-state index in [1.54, 1.807) is 10.9 Å². The van der Waals surface area contributed by atoms with Crippen LogP contribution in [-0.2, 0) is 0 Å². The van der Waals surface area contributed by atoms with E-state index in [0.29, 0.717) is 12.2 Å². The first-order valence-electron chi connectivity index (χ1n) is 5.17. The van der Waals surface area contributed by atoms with Crippen molar-refractivity contribution in [2.24, 2.45) is 0 Å². The number of anilines is 1. The smallest absolute Gasteiger partial charge is 0.384 e. The van der Waals surface area contributed by atoms with Crippen LogP contribution in [0.15, 0.2) is 6.20 Å². The number of alkyl halides is 3. The molecule has 0 aliphatic carbocycles. The molecule has 6 heteroatoms. The Kier molecular flexibility index (Phi) is 3.83. The Hall–Kier alpha value is -1.20. The standard InChI is InChI=1S/C10H16F3N3/c1-7-6-15-16(9(7)14)8(2)4-3-5-10(11,12)13/h6,8H,3-5,14H2,1-2H3. The van der Waals surface area contributed by atoms with Gasteiger partial charge in [0.1, 0.15) is 5.82 Å². The minimum Gasteiger partial charge on any atom is -0.384 e. The predicted octanol–water partition coefficient (Wildman–Crippen LogP) is 3.07. The van der Waals surface area contributed by atoms with Gasteiger partial charge in [0.25, 0.3) is 0 Å². The number of hydrogen-bond acceptors (Lipinski definition) is 2. The molecule has 1 heterocycles. The van der Waals surface area contributed by atoms with E-state index >= 15 is 0 Å². The predicted molar refractivity (Wildman–Crippen MR) is 56.0 cm³/mol. The molecule has 0 radical (unpaired) electrons.